The van der Waals surface area contributed by atoms with Crippen LogP contribution >= 0.6 is 11.8 Å². The zero-order valence-corrected chi connectivity index (χ0v) is 15.4. The van der Waals surface area contributed by atoms with E-state index in [4.69, 9.17) is 4.42 Å². The Morgan fingerprint density at radius 2 is 1.75 bits per heavy atom. The van der Waals surface area contributed by atoms with E-state index in [0.717, 1.165) is 9.80 Å². The van der Waals surface area contributed by atoms with E-state index in [1.54, 1.807) is 6.07 Å². The van der Waals surface area contributed by atoms with Crippen molar-refractivity contribution >= 4 is 29.8 Å². The van der Waals surface area contributed by atoms with E-state index >= 15 is 0 Å². The van der Waals surface area contributed by atoms with Gasteiger partial charge in [-0.15, -0.1) is 0 Å². The van der Waals surface area contributed by atoms with Crippen molar-refractivity contribution in [2.45, 2.75) is 16.5 Å². The van der Waals surface area contributed by atoms with Crippen molar-refractivity contribution < 1.29 is 18.4 Å². The number of halogens is 1. The first-order valence-corrected chi connectivity index (χ1v) is 9.32. The van der Waals surface area contributed by atoms with Crippen LogP contribution in [-0.4, -0.2) is 16.8 Å². The summed E-state index contributed by atoms with van der Waals surface area (Å²) in [4.78, 5) is 26.8. The highest BCUT2D eigenvalue weighted by Gasteiger charge is 2.33. The Labute approximate surface area is 164 Å². The predicted octanol–water partition coefficient (Wildman–Crippen LogP) is 4.66. The van der Waals surface area contributed by atoms with Gasteiger partial charge in [-0.25, -0.2) is 9.18 Å². The highest BCUT2D eigenvalue weighted by Crippen LogP contribution is 2.29. The Hall–Kier alpha value is -3.32. The second-order valence-corrected chi connectivity index (χ2v) is 7.16. The van der Waals surface area contributed by atoms with Crippen molar-refractivity contribution in [2.24, 2.45) is 0 Å². The van der Waals surface area contributed by atoms with Crippen LogP contribution in [0.15, 0.2) is 86.8 Å². The topological polar surface area (TPSA) is 62.6 Å². The zero-order valence-electron chi connectivity index (χ0n) is 14.6. The number of furan rings is 1. The zero-order chi connectivity index (χ0) is 19.5. The fraction of sp³-hybridized carbons (Fsp3) is 0.0476. The molecule has 3 aromatic rings. The third-order valence-corrected chi connectivity index (χ3v) is 5.00. The van der Waals surface area contributed by atoms with E-state index in [1.807, 2.05) is 36.4 Å². The molecule has 1 aliphatic rings. The molecule has 1 aromatic heterocycles. The third kappa shape index (κ3) is 3.99. The molecule has 2 heterocycles. The summed E-state index contributed by atoms with van der Waals surface area (Å²) < 4.78 is 18.7. The first-order valence-electron chi connectivity index (χ1n) is 8.50. The number of urea groups is 1. The summed E-state index contributed by atoms with van der Waals surface area (Å²) >= 11 is 1.46. The van der Waals surface area contributed by atoms with Gasteiger partial charge in [0.15, 0.2) is 5.09 Å². The normalized spacial score (nSPS) is 15.3. The summed E-state index contributed by atoms with van der Waals surface area (Å²) in [7, 11) is 0. The van der Waals surface area contributed by atoms with E-state index in [1.165, 1.54) is 42.1 Å². The summed E-state index contributed by atoms with van der Waals surface area (Å²) in [6, 6.07) is 18.4. The quantitative estimate of drug-likeness (QED) is 0.505. The van der Waals surface area contributed by atoms with Gasteiger partial charge in [-0.05, 0) is 42.0 Å². The lowest BCUT2D eigenvalue weighted by Crippen LogP contribution is -2.30. The molecule has 1 saturated heterocycles. The minimum Gasteiger partial charge on any atom is -0.450 e. The number of nitrogens with zero attached hydrogens (tertiary/aromatic N) is 1. The molecular formula is C21H15FN2O3S. The number of hydrogen-bond donors (Lipinski definition) is 1. The smallest absolute Gasteiger partial charge is 0.329 e. The average Bonchev–Trinajstić information content (AvgIpc) is 3.24. The molecule has 0 aliphatic carbocycles. The Morgan fingerprint density at radius 3 is 2.50 bits per heavy atom. The van der Waals surface area contributed by atoms with Crippen LogP contribution in [0.1, 0.15) is 11.3 Å². The number of imide groups is 1. The van der Waals surface area contributed by atoms with Gasteiger partial charge in [-0.3, -0.25) is 9.69 Å². The van der Waals surface area contributed by atoms with E-state index in [2.05, 4.69) is 5.32 Å². The first kappa shape index (κ1) is 18.1. The van der Waals surface area contributed by atoms with Crippen LogP contribution in [-0.2, 0) is 11.3 Å². The summed E-state index contributed by atoms with van der Waals surface area (Å²) in [6.45, 7) is 0.0650. The average molecular weight is 394 g/mol. The van der Waals surface area contributed by atoms with E-state index in [-0.39, 0.29) is 18.1 Å². The molecular weight excluding hydrogens is 379 g/mol. The highest BCUT2D eigenvalue weighted by atomic mass is 32.2. The van der Waals surface area contributed by atoms with Gasteiger partial charge in [0.2, 0.25) is 0 Å². The lowest BCUT2D eigenvalue weighted by molar-refractivity contribution is -0.123. The number of nitrogens with one attached hydrogen (secondary N) is 1. The number of rotatable bonds is 5. The molecule has 5 nitrogen and oxygen atoms in total. The molecule has 0 bridgehead atoms. The third-order valence-electron chi connectivity index (χ3n) is 4.07. The van der Waals surface area contributed by atoms with Gasteiger partial charge in [-0.2, -0.15) is 0 Å². The molecule has 0 radical (unpaired) electrons. The van der Waals surface area contributed by atoms with Crippen LogP contribution < -0.4 is 5.32 Å². The SMILES string of the molecule is O=C1N/C(=C/c2ccc(Sc3ccccc3)o2)C(=O)N1Cc1ccc(F)cc1. The molecule has 2 aromatic carbocycles. The van der Waals surface area contributed by atoms with Gasteiger partial charge in [-0.1, -0.05) is 42.1 Å². The van der Waals surface area contributed by atoms with E-state index in [9.17, 15) is 14.0 Å². The molecule has 0 spiro atoms. The van der Waals surface area contributed by atoms with Crippen molar-refractivity contribution in [1.82, 2.24) is 10.2 Å². The van der Waals surface area contributed by atoms with Crippen molar-refractivity contribution in [2.75, 3.05) is 0 Å². The van der Waals surface area contributed by atoms with Crippen LogP contribution in [0.25, 0.3) is 6.08 Å². The number of carbonyl (C=O) groups excluding carboxylic acids is 2. The van der Waals surface area contributed by atoms with Crippen LogP contribution in [0.3, 0.4) is 0 Å². The lowest BCUT2D eigenvalue weighted by Gasteiger charge is -2.11. The molecule has 7 heteroatoms. The van der Waals surface area contributed by atoms with E-state index < -0.39 is 11.9 Å². The fourth-order valence-electron chi connectivity index (χ4n) is 2.70. The molecule has 0 unspecified atom stereocenters. The van der Waals surface area contributed by atoms with Gasteiger partial charge in [0, 0.05) is 11.0 Å². The number of hydrogen-bond acceptors (Lipinski definition) is 4. The molecule has 1 N–H and O–H groups in total. The Bertz CT molecular complexity index is 1050. The summed E-state index contributed by atoms with van der Waals surface area (Å²) in [6.07, 6.45) is 1.50. The van der Waals surface area contributed by atoms with Gasteiger partial charge >= 0.3 is 6.03 Å². The van der Waals surface area contributed by atoms with Crippen LogP contribution in [0.4, 0.5) is 9.18 Å². The van der Waals surface area contributed by atoms with Crippen molar-refractivity contribution in [3.05, 3.63) is 89.6 Å². The lowest BCUT2D eigenvalue weighted by atomic mass is 10.2. The number of amides is 3. The first-order chi connectivity index (χ1) is 13.6. The van der Waals surface area contributed by atoms with Gasteiger partial charge in [0.05, 0.1) is 6.54 Å². The molecule has 3 amide bonds. The van der Waals surface area contributed by atoms with Crippen LogP contribution in [0, 0.1) is 5.82 Å². The number of carbonyl (C=O) groups is 2. The maximum Gasteiger partial charge on any atom is 0.329 e. The predicted molar refractivity (Wildman–Crippen MR) is 103 cm³/mol. The monoisotopic (exact) mass is 394 g/mol. The molecule has 1 aliphatic heterocycles. The summed E-state index contributed by atoms with van der Waals surface area (Å²) in [5, 5.41) is 3.23. The summed E-state index contributed by atoms with van der Waals surface area (Å²) in [5.74, 6) is -0.364. The van der Waals surface area contributed by atoms with Crippen LogP contribution in [0.2, 0.25) is 0 Å². The van der Waals surface area contributed by atoms with Crippen molar-refractivity contribution in [3.8, 4) is 0 Å². The minimum absolute atomic E-state index is 0.0650. The maximum absolute atomic E-state index is 13.0. The Kier molecular flexibility index (Phi) is 4.99. The van der Waals surface area contributed by atoms with Crippen molar-refractivity contribution in [1.29, 1.82) is 0 Å². The second-order valence-electron chi connectivity index (χ2n) is 6.08. The van der Waals surface area contributed by atoms with Gasteiger partial charge in [0.1, 0.15) is 17.3 Å². The molecule has 0 saturated carbocycles. The molecule has 28 heavy (non-hydrogen) atoms. The highest BCUT2D eigenvalue weighted by molar-refractivity contribution is 7.99. The van der Waals surface area contributed by atoms with Gasteiger partial charge in [0.25, 0.3) is 5.91 Å². The van der Waals surface area contributed by atoms with Crippen LogP contribution in [0.5, 0.6) is 0 Å². The molecule has 1 fully saturated rings. The number of benzene rings is 2. The molecule has 0 atom stereocenters. The molecule has 140 valence electrons. The Balaban J connectivity index is 1.47. The standard InChI is InChI=1S/C21H15FN2O3S/c22-15-8-6-14(7-9-15)13-24-20(25)18(23-21(24)26)12-16-10-11-19(27-16)28-17-4-2-1-3-5-17/h1-12H,13H2,(H,23,26)/b18-12+. The minimum atomic E-state index is -0.522. The van der Waals surface area contributed by atoms with Crippen molar-refractivity contribution in [3.63, 3.8) is 0 Å². The fourth-order valence-corrected chi connectivity index (χ4v) is 3.50. The van der Waals surface area contributed by atoms with E-state index in [0.29, 0.717) is 16.4 Å². The Morgan fingerprint density at radius 1 is 1.00 bits per heavy atom. The van der Waals surface area contributed by atoms with Gasteiger partial charge < -0.3 is 9.73 Å². The second kappa shape index (κ2) is 7.74. The molecule has 4 rings (SSSR count). The largest absolute Gasteiger partial charge is 0.450 e. The summed E-state index contributed by atoms with van der Waals surface area (Å²) in [5.41, 5.74) is 0.795. The maximum atomic E-state index is 13.0.